The maximum absolute atomic E-state index is 13.4. The summed E-state index contributed by atoms with van der Waals surface area (Å²) in [6.45, 7) is 5.93. The van der Waals surface area contributed by atoms with Gasteiger partial charge in [-0.1, -0.05) is 49.4 Å². The van der Waals surface area contributed by atoms with E-state index in [1.807, 2.05) is 67.4 Å². The first-order valence-corrected chi connectivity index (χ1v) is 12.4. The Balaban J connectivity index is 1.44. The number of nitriles is 1. The second-order valence-corrected chi connectivity index (χ2v) is 9.41. The molecule has 0 aliphatic carbocycles. The summed E-state index contributed by atoms with van der Waals surface area (Å²) < 4.78 is 0. The van der Waals surface area contributed by atoms with Crippen LogP contribution in [0.1, 0.15) is 42.5 Å². The predicted octanol–water partition coefficient (Wildman–Crippen LogP) is 3.69. The molecule has 0 bridgehead atoms. The van der Waals surface area contributed by atoms with Gasteiger partial charge in [-0.05, 0) is 48.2 Å². The second-order valence-electron chi connectivity index (χ2n) is 9.41. The Morgan fingerprint density at radius 1 is 1.08 bits per heavy atom. The number of hydrogen-bond donors (Lipinski definition) is 2. The summed E-state index contributed by atoms with van der Waals surface area (Å²) >= 11 is 0. The molecule has 3 atom stereocenters. The molecule has 2 heterocycles. The monoisotopic (exact) mass is 496 g/mol. The summed E-state index contributed by atoms with van der Waals surface area (Å²) in [5, 5.41) is 15.4. The fraction of sp³-hybridized carbons (Fsp3) is 0.310. The Bertz CT molecular complexity index is 1250. The highest BCUT2D eigenvalue weighted by molar-refractivity contribution is 5.95. The van der Waals surface area contributed by atoms with Gasteiger partial charge in [0, 0.05) is 26.7 Å². The smallest absolute Gasteiger partial charge is 0.247 e. The fourth-order valence-corrected chi connectivity index (χ4v) is 4.50. The van der Waals surface area contributed by atoms with E-state index in [0.29, 0.717) is 24.5 Å². The number of aromatic nitrogens is 1. The Kier molecular flexibility index (Phi) is 8.16. The summed E-state index contributed by atoms with van der Waals surface area (Å²) in [5.41, 5.74) is 3.42. The largest absolute Gasteiger partial charge is 0.357 e. The van der Waals surface area contributed by atoms with Crippen LogP contribution >= 0.6 is 0 Å². The molecule has 190 valence electrons. The molecule has 1 aliphatic rings. The van der Waals surface area contributed by atoms with E-state index in [1.165, 1.54) is 0 Å². The first-order valence-electron chi connectivity index (χ1n) is 12.4. The van der Waals surface area contributed by atoms with E-state index in [0.717, 1.165) is 23.4 Å². The van der Waals surface area contributed by atoms with E-state index in [-0.39, 0.29) is 23.8 Å². The van der Waals surface area contributed by atoms with Crippen molar-refractivity contribution in [2.24, 2.45) is 0 Å². The van der Waals surface area contributed by atoms with Gasteiger partial charge in [0.25, 0.3) is 0 Å². The van der Waals surface area contributed by atoms with Crippen molar-refractivity contribution in [3.05, 3.63) is 89.6 Å². The van der Waals surface area contributed by atoms with Gasteiger partial charge in [0.1, 0.15) is 17.9 Å². The Morgan fingerprint density at radius 2 is 1.81 bits per heavy atom. The number of anilines is 2. The SMILES string of the molecule is C[C@H](CNC(C(=O)Nc1ccc(N2CCN(C)C(=O)[C@H]2C)cn1)c1ccccc1)c1ccc(C#N)cc1. The van der Waals surface area contributed by atoms with Gasteiger partial charge in [0.15, 0.2) is 0 Å². The van der Waals surface area contributed by atoms with Gasteiger partial charge in [-0.15, -0.1) is 0 Å². The zero-order valence-corrected chi connectivity index (χ0v) is 21.4. The molecular weight excluding hydrogens is 464 g/mol. The lowest BCUT2D eigenvalue weighted by molar-refractivity contribution is -0.132. The lowest BCUT2D eigenvalue weighted by Gasteiger charge is -2.38. The minimum absolute atomic E-state index is 0.0793. The maximum atomic E-state index is 13.4. The Labute approximate surface area is 217 Å². The number of carbonyl (C=O) groups excluding carboxylic acids is 2. The number of hydrogen-bond acceptors (Lipinski definition) is 6. The van der Waals surface area contributed by atoms with Gasteiger partial charge < -0.3 is 20.4 Å². The second kappa shape index (κ2) is 11.7. The predicted molar refractivity (Wildman–Crippen MR) is 144 cm³/mol. The van der Waals surface area contributed by atoms with Crippen molar-refractivity contribution in [1.82, 2.24) is 15.2 Å². The van der Waals surface area contributed by atoms with Crippen molar-refractivity contribution in [3.8, 4) is 6.07 Å². The highest BCUT2D eigenvalue weighted by atomic mass is 16.2. The average molecular weight is 497 g/mol. The van der Waals surface area contributed by atoms with E-state index in [2.05, 4.69) is 28.6 Å². The fourth-order valence-electron chi connectivity index (χ4n) is 4.50. The van der Waals surface area contributed by atoms with Crippen LogP contribution in [-0.2, 0) is 9.59 Å². The molecule has 8 nitrogen and oxygen atoms in total. The molecule has 1 aromatic heterocycles. The van der Waals surface area contributed by atoms with Crippen LogP contribution in [0.5, 0.6) is 0 Å². The van der Waals surface area contributed by atoms with E-state index in [4.69, 9.17) is 5.26 Å². The average Bonchev–Trinajstić information content (AvgIpc) is 2.93. The number of piperazine rings is 1. The number of nitrogens with zero attached hydrogens (tertiary/aromatic N) is 4. The van der Waals surface area contributed by atoms with Gasteiger partial charge in [0.2, 0.25) is 11.8 Å². The van der Waals surface area contributed by atoms with Crippen LogP contribution in [0, 0.1) is 11.3 Å². The molecule has 1 saturated heterocycles. The number of benzene rings is 2. The van der Waals surface area contributed by atoms with Gasteiger partial charge in [-0.25, -0.2) is 4.98 Å². The molecular formula is C29H32N6O2. The Hall–Kier alpha value is -4.22. The minimum Gasteiger partial charge on any atom is -0.357 e. The van der Waals surface area contributed by atoms with Crippen molar-refractivity contribution in [3.63, 3.8) is 0 Å². The number of likely N-dealkylation sites (N-methyl/N-ethyl adjacent to an activating group) is 1. The molecule has 0 saturated carbocycles. The third-order valence-corrected chi connectivity index (χ3v) is 6.84. The minimum atomic E-state index is -0.571. The zero-order valence-electron chi connectivity index (χ0n) is 21.4. The molecule has 2 N–H and O–H groups in total. The topological polar surface area (TPSA) is 101 Å². The number of amides is 2. The molecule has 2 amide bonds. The van der Waals surface area contributed by atoms with Crippen molar-refractivity contribution in [1.29, 1.82) is 5.26 Å². The molecule has 0 radical (unpaired) electrons. The number of rotatable bonds is 8. The molecule has 1 fully saturated rings. The lowest BCUT2D eigenvalue weighted by atomic mass is 9.98. The summed E-state index contributed by atoms with van der Waals surface area (Å²) in [6, 6.07) is 22.1. The molecule has 0 spiro atoms. The van der Waals surface area contributed by atoms with Crippen molar-refractivity contribution in [2.75, 3.05) is 36.9 Å². The standard InChI is InChI=1S/C29H32N6O2/c1-20(23-11-9-22(17-30)10-12-23)18-32-27(24-7-5-4-6-8-24)28(36)33-26-14-13-25(19-31-26)35-16-15-34(3)29(37)21(35)2/h4-14,19-21,27,32H,15-16,18H2,1-3H3,(H,31,33,36)/t20-,21-,27?/m1/s1. The number of carbonyl (C=O) groups is 2. The van der Waals surface area contributed by atoms with E-state index in [9.17, 15) is 9.59 Å². The van der Waals surface area contributed by atoms with Gasteiger partial charge in [-0.3, -0.25) is 9.59 Å². The van der Waals surface area contributed by atoms with E-state index >= 15 is 0 Å². The van der Waals surface area contributed by atoms with Crippen LogP contribution in [0.15, 0.2) is 72.9 Å². The van der Waals surface area contributed by atoms with Crippen molar-refractivity contribution >= 4 is 23.3 Å². The van der Waals surface area contributed by atoms with Crippen molar-refractivity contribution < 1.29 is 9.59 Å². The Morgan fingerprint density at radius 3 is 2.46 bits per heavy atom. The molecule has 1 unspecified atom stereocenters. The van der Waals surface area contributed by atoms with Gasteiger partial charge >= 0.3 is 0 Å². The van der Waals surface area contributed by atoms with Crippen LogP contribution in [0.3, 0.4) is 0 Å². The van der Waals surface area contributed by atoms with Crippen LogP contribution in [0.25, 0.3) is 0 Å². The third kappa shape index (κ3) is 6.13. The van der Waals surface area contributed by atoms with Crippen LogP contribution in [0.2, 0.25) is 0 Å². The molecule has 4 rings (SSSR count). The normalized spacial score (nSPS) is 17.1. The first kappa shape index (κ1) is 25.9. The summed E-state index contributed by atoms with van der Waals surface area (Å²) in [5.74, 6) is 0.458. The summed E-state index contributed by atoms with van der Waals surface area (Å²) in [6.07, 6.45) is 1.70. The van der Waals surface area contributed by atoms with E-state index in [1.54, 1.807) is 29.3 Å². The number of nitrogens with one attached hydrogen (secondary N) is 2. The molecule has 3 aromatic rings. The maximum Gasteiger partial charge on any atom is 0.247 e. The highest BCUT2D eigenvalue weighted by Gasteiger charge is 2.29. The number of pyridine rings is 1. The first-order chi connectivity index (χ1) is 17.9. The third-order valence-electron chi connectivity index (χ3n) is 6.84. The molecule has 2 aromatic carbocycles. The van der Waals surface area contributed by atoms with Crippen LogP contribution in [0.4, 0.5) is 11.5 Å². The lowest BCUT2D eigenvalue weighted by Crippen LogP contribution is -2.54. The molecule has 1 aliphatic heterocycles. The highest BCUT2D eigenvalue weighted by Crippen LogP contribution is 2.23. The summed E-state index contributed by atoms with van der Waals surface area (Å²) in [4.78, 5) is 33.9. The molecule has 37 heavy (non-hydrogen) atoms. The zero-order chi connectivity index (χ0) is 26.4. The van der Waals surface area contributed by atoms with Gasteiger partial charge in [-0.2, -0.15) is 5.26 Å². The van der Waals surface area contributed by atoms with E-state index < -0.39 is 6.04 Å². The quantitative estimate of drug-likeness (QED) is 0.493. The summed E-state index contributed by atoms with van der Waals surface area (Å²) in [7, 11) is 1.81. The molecule has 8 heteroatoms. The van der Waals surface area contributed by atoms with Gasteiger partial charge in [0.05, 0.1) is 23.5 Å². The van der Waals surface area contributed by atoms with Crippen molar-refractivity contribution in [2.45, 2.75) is 31.8 Å². The van der Waals surface area contributed by atoms with Crippen LogP contribution in [-0.4, -0.2) is 54.4 Å². The van der Waals surface area contributed by atoms with Crippen LogP contribution < -0.4 is 15.5 Å².